The van der Waals surface area contributed by atoms with Gasteiger partial charge in [0.2, 0.25) is 15.9 Å². The van der Waals surface area contributed by atoms with Crippen LogP contribution in [0.5, 0.6) is 5.75 Å². The molecule has 15 heteroatoms. The first-order chi connectivity index (χ1) is 24.0. The summed E-state index contributed by atoms with van der Waals surface area (Å²) in [5.74, 6) is -3.05. The lowest BCUT2D eigenvalue weighted by molar-refractivity contribution is -0.161. The summed E-state index contributed by atoms with van der Waals surface area (Å²) in [6.45, 7) is 2.61. The van der Waals surface area contributed by atoms with Gasteiger partial charge >= 0.3 is 6.18 Å². The number of amides is 2. The lowest BCUT2D eigenvalue weighted by Crippen LogP contribution is -2.55. The molecule has 3 heterocycles. The van der Waals surface area contributed by atoms with Crippen molar-refractivity contribution in [3.8, 4) is 5.75 Å². The molecule has 2 aromatic rings. The minimum Gasteiger partial charge on any atom is -0.490 e. The summed E-state index contributed by atoms with van der Waals surface area (Å²) in [7, 11) is -3.24. The van der Waals surface area contributed by atoms with Gasteiger partial charge in [0.1, 0.15) is 24.2 Å². The highest BCUT2D eigenvalue weighted by Gasteiger charge is 2.46. The number of rotatable bonds is 2. The van der Waals surface area contributed by atoms with Crippen molar-refractivity contribution < 1.29 is 40.3 Å². The van der Waals surface area contributed by atoms with Gasteiger partial charge in [0.25, 0.3) is 5.91 Å². The van der Waals surface area contributed by atoms with Crippen LogP contribution in [0.3, 0.4) is 0 Å². The highest BCUT2D eigenvalue weighted by molar-refractivity contribution is 7.90. The molecule has 51 heavy (non-hydrogen) atoms. The van der Waals surface area contributed by atoms with E-state index in [9.17, 15) is 31.2 Å². The fourth-order valence-corrected chi connectivity index (χ4v) is 9.55. The molecule has 1 N–H and O–H groups in total. The maximum absolute atomic E-state index is 16.4. The number of sulfonamides is 1. The molecule has 0 saturated carbocycles. The number of fused-ring (bicyclic) bond motifs is 4. The van der Waals surface area contributed by atoms with E-state index in [1.54, 1.807) is 24.0 Å². The van der Waals surface area contributed by atoms with Crippen molar-refractivity contribution in [3.63, 3.8) is 0 Å². The van der Waals surface area contributed by atoms with Crippen LogP contribution in [0.4, 0.5) is 23.2 Å². The lowest BCUT2D eigenvalue weighted by Gasteiger charge is -2.42. The van der Waals surface area contributed by atoms with Gasteiger partial charge in [-0.25, -0.2) is 17.5 Å². The number of hydrogen-bond donors (Lipinski definition) is 1. The number of halogens is 5. The predicted molar refractivity (Wildman–Crippen MR) is 186 cm³/mol. The van der Waals surface area contributed by atoms with E-state index >= 15 is 4.39 Å². The second-order valence-electron chi connectivity index (χ2n) is 14.5. The molecule has 2 amide bonds. The molecule has 2 aromatic carbocycles. The van der Waals surface area contributed by atoms with Crippen LogP contribution in [-0.2, 0) is 26.7 Å². The second-order valence-corrected chi connectivity index (χ2v) is 17.0. The van der Waals surface area contributed by atoms with E-state index in [-0.39, 0.29) is 25.1 Å². The first kappa shape index (κ1) is 37.4. The number of carbonyl (C=O) groups is 2. The average Bonchev–Trinajstić information content (AvgIpc) is 3.45. The minimum absolute atomic E-state index is 0.0979. The van der Waals surface area contributed by atoms with Crippen molar-refractivity contribution in [2.24, 2.45) is 5.92 Å². The van der Waals surface area contributed by atoms with E-state index in [1.165, 1.54) is 13.0 Å². The minimum atomic E-state index is -4.70. The largest absolute Gasteiger partial charge is 0.490 e. The van der Waals surface area contributed by atoms with E-state index in [0.29, 0.717) is 47.4 Å². The number of hydrogen-bond acceptors (Lipinski definition) is 7. The zero-order valence-electron chi connectivity index (χ0n) is 28.8. The number of benzene rings is 2. The summed E-state index contributed by atoms with van der Waals surface area (Å²) < 4.78 is 92.2. The third-order valence-corrected chi connectivity index (χ3v) is 13.1. The van der Waals surface area contributed by atoms with E-state index in [1.807, 2.05) is 23.1 Å². The first-order valence-corrected chi connectivity index (χ1v) is 19.2. The highest BCUT2D eigenvalue weighted by atomic mass is 35.5. The number of ether oxygens (including phenoxy) is 1. The normalized spacial score (nSPS) is 29.5. The third kappa shape index (κ3) is 7.73. The molecule has 6 rings (SSSR count). The van der Waals surface area contributed by atoms with Gasteiger partial charge in [-0.2, -0.15) is 13.2 Å². The van der Waals surface area contributed by atoms with Crippen LogP contribution in [-0.4, -0.2) is 93.4 Å². The Bertz CT molecular complexity index is 1820. The number of nitrogens with one attached hydrogen (secondary N) is 1. The molecule has 1 aliphatic carbocycles. The molecular weight excluding hydrogens is 712 g/mol. The maximum atomic E-state index is 16.4. The Labute approximate surface area is 301 Å². The molecule has 1 fully saturated rings. The average molecular weight is 755 g/mol. The first-order valence-electron chi connectivity index (χ1n) is 17.3. The molecule has 0 unspecified atom stereocenters. The number of alkyl halides is 3. The summed E-state index contributed by atoms with van der Waals surface area (Å²) in [6, 6.07) is 8.43. The Hall–Kier alpha value is -3.36. The Kier molecular flexibility index (Phi) is 10.4. The highest BCUT2D eigenvalue weighted by Crippen LogP contribution is 2.45. The number of nitrogens with zero attached hydrogens (tertiary/aromatic N) is 3. The van der Waals surface area contributed by atoms with E-state index in [2.05, 4.69) is 4.72 Å². The number of carbonyl (C=O) groups excluding carboxylic acids is 2. The molecule has 5 atom stereocenters. The molecule has 3 aliphatic heterocycles. The Morgan fingerprint density at radius 3 is 2.67 bits per heavy atom. The predicted octanol–water partition coefficient (Wildman–Crippen LogP) is 6.01. The van der Waals surface area contributed by atoms with Gasteiger partial charge in [-0.1, -0.05) is 30.7 Å². The zero-order chi connectivity index (χ0) is 36.9. The Morgan fingerprint density at radius 2 is 1.92 bits per heavy atom. The summed E-state index contributed by atoms with van der Waals surface area (Å²) in [4.78, 5) is 31.5. The van der Waals surface area contributed by atoms with Gasteiger partial charge < -0.3 is 14.5 Å². The molecule has 278 valence electrons. The van der Waals surface area contributed by atoms with Crippen LogP contribution >= 0.6 is 11.6 Å². The summed E-state index contributed by atoms with van der Waals surface area (Å²) in [5.41, 5.74) is 2.27. The van der Waals surface area contributed by atoms with Gasteiger partial charge in [-0.15, -0.1) is 0 Å². The van der Waals surface area contributed by atoms with Crippen molar-refractivity contribution in [3.05, 3.63) is 70.0 Å². The lowest BCUT2D eigenvalue weighted by atomic mass is 9.70. The monoisotopic (exact) mass is 754 g/mol. The van der Waals surface area contributed by atoms with Crippen molar-refractivity contribution >= 4 is 39.1 Å². The van der Waals surface area contributed by atoms with Crippen LogP contribution in [0.1, 0.15) is 67.4 Å². The van der Waals surface area contributed by atoms with Crippen molar-refractivity contribution in [1.29, 1.82) is 0 Å². The number of anilines is 1. The van der Waals surface area contributed by atoms with Gasteiger partial charge in [0, 0.05) is 42.2 Å². The molecule has 0 radical (unpaired) electrons. The summed E-state index contributed by atoms with van der Waals surface area (Å²) >= 11 is 6.39. The van der Waals surface area contributed by atoms with Gasteiger partial charge in [-0.3, -0.25) is 14.5 Å². The fourth-order valence-electron chi connectivity index (χ4n) is 8.07. The standard InChI is InChI=1S/C36H43ClF4N4O5S/c1-22-8-12-29(38)32(34(47)43(3)20-36(39,40)41)45-15-5-7-27(45)18-44-19-35(14-4-6-24-16-26(37)10-11-28(24)35)21-50-31-13-9-25(17-30(31)44)33(46)42-51(48,49)23(22)2/h9-13,16-17,22-23,27,32H,4-8,14-15,18-21H2,1-3H3,(H,42,46)/b29-12-/t22-,23+,27-,32+,35-/m0/s1. The van der Waals surface area contributed by atoms with Gasteiger partial charge in [0.05, 0.1) is 17.5 Å². The maximum Gasteiger partial charge on any atom is 0.406 e. The molecule has 9 nitrogen and oxygen atoms in total. The molecular formula is C36H43ClF4N4O5S. The van der Waals surface area contributed by atoms with Crippen LogP contribution in [0, 0.1) is 5.92 Å². The third-order valence-electron chi connectivity index (χ3n) is 11.0. The van der Waals surface area contributed by atoms with Crippen LogP contribution in [0.15, 0.2) is 48.3 Å². The molecule has 0 aromatic heterocycles. The molecule has 2 bridgehead atoms. The molecule has 1 saturated heterocycles. The number of aryl methyl sites for hydroxylation is 1. The number of likely N-dealkylation sites (N-methyl/N-ethyl adjacent to an activating group) is 1. The van der Waals surface area contributed by atoms with Crippen molar-refractivity contribution in [1.82, 2.24) is 14.5 Å². The van der Waals surface area contributed by atoms with Crippen molar-refractivity contribution in [2.75, 3.05) is 44.7 Å². The quantitative estimate of drug-likeness (QED) is 0.376. The molecule has 4 aliphatic rings. The Balaban J connectivity index is 1.48. The number of allylic oxidation sites excluding steroid dienone is 1. The molecule has 1 spiro atoms. The summed E-state index contributed by atoms with van der Waals surface area (Å²) in [5, 5.41) is -0.536. The van der Waals surface area contributed by atoms with Gasteiger partial charge in [-0.05, 0) is 99.4 Å². The van der Waals surface area contributed by atoms with Crippen LogP contribution in [0.25, 0.3) is 0 Å². The SMILES string of the molecule is C[C@@H]1[C@@H](C)C/C=C(\F)[C@H](C(=O)N(C)CC(F)(F)F)N2CCC[C@H]2CN2C[C@@]3(CCCc4cc(Cl)ccc43)COc3ccc(cc32)C(=O)NS1(=O)=O. The Morgan fingerprint density at radius 1 is 1.16 bits per heavy atom. The zero-order valence-corrected chi connectivity index (χ0v) is 30.4. The topological polar surface area (TPSA) is 99.3 Å². The van der Waals surface area contributed by atoms with E-state index in [0.717, 1.165) is 43.5 Å². The van der Waals surface area contributed by atoms with Gasteiger partial charge in [0.15, 0.2) is 0 Å². The summed E-state index contributed by atoms with van der Waals surface area (Å²) in [6.07, 6.45) is -0.166. The van der Waals surface area contributed by atoms with Crippen LogP contribution in [0.2, 0.25) is 5.02 Å². The van der Waals surface area contributed by atoms with E-state index < -0.39 is 69.1 Å². The smallest absolute Gasteiger partial charge is 0.406 e. The van der Waals surface area contributed by atoms with Crippen molar-refractivity contribution in [2.45, 2.75) is 81.3 Å². The fraction of sp³-hybridized carbons (Fsp3) is 0.556. The second kappa shape index (κ2) is 14.2. The van der Waals surface area contributed by atoms with E-state index in [4.69, 9.17) is 16.3 Å². The van der Waals surface area contributed by atoms with Crippen LogP contribution < -0.4 is 14.4 Å².